The SMILES string of the molecule is COC(=O)CCN(C)S(=O)(=O)Nc1cnc(Cl)c(Br)c1. The first-order valence-corrected chi connectivity index (χ1v) is 7.99. The smallest absolute Gasteiger partial charge is 0.306 e. The summed E-state index contributed by atoms with van der Waals surface area (Å²) in [6.45, 7) is 0.00416. The van der Waals surface area contributed by atoms with Crippen molar-refractivity contribution in [3.05, 3.63) is 21.9 Å². The lowest BCUT2D eigenvalue weighted by molar-refractivity contribution is -0.140. The Bertz CT molecular complexity index is 596. The maximum absolute atomic E-state index is 12.0. The Morgan fingerprint density at radius 3 is 2.80 bits per heavy atom. The number of methoxy groups -OCH3 is 1. The lowest BCUT2D eigenvalue weighted by Gasteiger charge is -2.17. The van der Waals surface area contributed by atoms with Crippen LogP contribution in [0.4, 0.5) is 5.69 Å². The number of ether oxygens (including phenoxy) is 1. The lowest BCUT2D eigenvalue weighted by atomic mass is 10.4. The Labute approximate surface area is 130 Å². The third kappa shape index (κ3) is 4.89. The highest BCUT2D eigenvalue weighted by atomic mass is 79.9. The van der Waals surface area contributed by atoms with E-state index in [1.165, 1.54) is 26.4 Å². The fourth-order valence-corrected chi connectivity index (χ4v) is 2.52. The summed E-state index contributed by atoms with van der Waals surface area (Å²) in [7, 11) is -1.18. The van der Waals surface area contributed by atoms with Gasteiger partial charge in [0.25, 0.3) is 0 Å². The van der Waals surface area contributed by atoms with Crippen molar-refractivity contribution in [2.75, 3.05) is 25.4 Å². The van der Waals surface area contributed by atoms with Crippen LogP contribution in [0.5, 0.6) is 0 Å². The van der Waals surface area contributed by atoms with Crippen LogP contribution in [0.25, 0.3) is 0 Å². The predicted molar refractivity (Wildman–Crippen MR) is 78.8 cm³/mol. The molecule has 0 bridgehead atoms. The molecule has 1 aromatic heterocycles. The summed E-state index contributed by atoms with van der Waals surface area (Å²) in [6, 6.07) is 1.49. The maximum atomic E-state index is 12.0. The van der Waals surface area contributed by atoms with Crippen molar-refractivity contribution < 1.29 is 17.9 Å². The standard InChI is InChI=1S/C10H13BrClN3O4S/c1-15(4-3-9(16)19-2)20(17,18)14-7-5-8(11)10(12)13-6-7/h5-6,14H,3-4H2,1-2H3. The largest absolute Gasteiger partial charge is 0.469 e. The monoisotopic (exact) mass is 385 g/mol. The van der Waals surface area contributed by atoms with Gasteiger partial charge in [0.2, 0.25) is 0 Å². The molecule has 0 aliphatic heterocycles. The molecule has 112 valence electrons. The number of carbonyl (C=O) groups is 1. The summed E-state index contributed by atoms with van der Waals surface area (Å²) in [6.07, 6.45) is 1.26. The van der Waals surface area contributed by atoms with Gasteiger partial charge in [0.1, 0.15) is 5.15 Å². The molecule has 1 N–H and O–H groups in total. The van der Waals surface area contributed by atoms with Crippen LogP contribution in [-0.2, 0) is 19.7 Å². The molecule has 0 aliphatic carbocycles. The van der Waals surface area contributed by atoms with Gasteiger partial charge in [-0.25, -0.2) is 4.98 Å². The van der Waals surface area contributed by atoms with Crippen molar-refractivity contribution in [3.63, 3.8) is 0 Å². The second kappa shape index (κ2) is 7.21. The lowest BCUT2D eigenvalue weighted by Crippen LogP contribution is -2.34. The van der Waals surface area contributed by atoms with Gasteiger partial charge < -0.3 is 4.74 Å². The summed E-state index contributed by atoms with van der Waals surface area (Å²) < 4.78 is 32.2. The minimum absolute atomic E-state index is 0.00416. The predicted octanol–water partition coefficient (Wildman–Crippen LogP) is 1.65. The van der Waals surface area contributed by atoms with Crippen LogP contribution in [0.15, 0.2) is 16.7 Å². The van der Waals surface area contributed by atoms with E-state index in [9.17, 15) is 13.2 Å². The average Bonchev–Trinajstić information content (AvgIpc) is 2.39. The second-order valence-corrected chi connectivity index (χ2v) is 6.74. The molecular formula is C10H13BrClN3O4S. The Balaban J connectivity index is 2.73. The summed E-state index contributed by atoms with van der Waals surface area (Å²) >= 11 is 8.86. The van der Waals surface area contributed by atoms with Gasteiger partial charge >= 0.3 is 16.2 Å². The molecule has 0 amide bonds. The normalized spacial score (nSPS) is 11.4. The minimum atomic E-state index is -3.78. The Kier molecular flexibility index (Phi) is 6.18. The van der Waals surface area contributed by atoms with Crippen molar-refractivity contribution in [1.82, 2.24) is 9.29 Å². The van der Waals surface area contributed by atoms with Gasteiger partial charge in [-0.05, 0) is 22.0 Å². The Hall–Kier alpha value is -0.900. The molecule has 0 fully saturated rings. The van der Waals surface area contributed by atoms with Gasteiger partial charge in [0, 0.05) is 13.6 Å². The molecule has 7 nitrogen and oxygen atoms in total. The van der Waals surface area contributed by atoms with Gasteiger partial charge in [-0.15, -0.1) is 0 Å². The summed E-state index contributed by atoms with van der Waals surface area (Å²) in [5.41, 5.74) is 0.256. The second-order valence-electron chi connectivity index (χ2n) is 3.75. The van der Waals surface area contributed by atoms with E-state index in [2.05, 4.69) is 30.4 Å². The van der Waals surface area contributed by atoms with Crippen molar-refractivity contribution in [2.45, 2.75) is 6.42 Å². The molecule has 0 saturated carbocycles. The van der Waals surface area contributed by atoms with E-state index in [0.29, 0.717) is 4.47 Å². The third-order valence-electron chi connectivity index (χ3n) is 2.31. The molecule has 20 heavy (non-hydrogen) atoms. The first-order valence-electron chi connectivity index (χ1n) is 5.38. The van der Waals surface area contributed by atoms with E-state index in [1.807, 2.05) is 0 Å². The molecule has 0 spiro atoms. The molecule has 10 heteroatoms. The number of nitrogens with one attached hydrogen (secondary N) is 1. The summed E-state index contributed by atoms with van der Waals surface area (Å²) in [5, 5.41) is 0.229. The van der Waals surface area contributed by atoms with Crippen LogP contribution in [-0.4, -0.2) is 44.4 Å². The molecule has 0 radical (unpaired) electrons. The van der Waals surface area contributed by atoms with Crippen LogP contribution < -0.4 is 4.72 Å². The zero-order valence-corrected chi connectivity index (χ0v) is 13.9. The quantitative estimate of drug-likeness (QED) is 0.593. The van der Waals surface area contributed by atoms with Gasteiger partial charge in [0.05, 0.1) is 29.9 Å². The molecule has 1 heterocycles. The molecule has 0 aliphatic rings. The number of carbonyl (C=O) groups excluding carboxylic acids is 1. The first kappa shape index (κ1) is 17.2. The number of hydrogen-bond acceptors (Lipinski definition) is 5. The van der Waals surface area contributed by atoms with Crippen molar-refractivity contribution in [2.24, 2.45) is 0 Å². The number of anilines is 1. The van der Waals surface area contributed by atoms with E-state index < -0.39 is 16.2 Å². The highest BCUT2D eigenvalue weighted by Crippen LogP contribution is 2.23. The number of nitrogens with zero attached hydrogens (tertiary/aromatic N) is 2. The molecule has 0 atom stereocenters. The van der Waals surface area contributed by atoms with Gasteiger partial charge in [0.15, 0.2) is 0 Å². The van der Waals surface area contributed by atoms with E-state index in [1.54, 1.807) is 0 Å². The third-order valence-corrected chi connectivity index (χ3v) is 4.94. The van der Waals surface area contributed by atoms with Gasteiger partial charge in [-0.2, -0.15) is 12.7 Å². The van der Waals surface area contributed by atoms with E-state index >= 15 is 0 Å². The number of rotatable bonds is 6. The van der Waals surface area contributed by atoms with Crippen LogP contribution in [0, 0.1) is 0 Å². The fourth-order valence-electron chi connectivity index (χ4n) is 1.17. The van der Waals surface area contributed by atoms with Crippen molar-refractivity contribution in [1.29, 1.82) is 0 Å². The maximum Gasteiger partial charge on any atom is 0.306 e. The van der Waals surface area contributed by atoms with Crippen LogP contribution in [0.2, 0.25) is 5.15 Å². The molecule has 0 aromatic carbocycles. The number of esters is 1. The summed E-state index contributed by atoms with van der Waals surface area (Å²) in [4.78, 5) is 14.8. The Morgan fingerprint density at radius 2 is 2.25 bits per heavy atom. The van der Waals surface area contributed by atoms with E-state index in [4.69, 9.17) is 11.6 Å². The number of hydrogen-bond donors (Lipinski definition) is 1. The highest BCUT2D eigenvalue weighted by Gasteiger charge is 2.19. The van der Waals surface area contributed by atoms with Crippen LogP contribution >= 0.6 is 27.5 Å². The molecule has 0 saturated heterocycles. The first-order chi connectivity index (χ1) is 9.26. The molecule has 1 aromatic rings. The van der Waals surface area contributed by atoms with Crippen LogP contribution in [0.1, 0.15) is 6.42 Å². The molecule has 1 rings (SSSR count). The zero-order valence-electron chi connectivity index (χ0n) is 10.8. The number of aromatic nitrogens is 1. The number of halogens is 2. The zero-order chi connectivity index (χ0) is 15.3. The van der Waals surface area contributed by atoms with Crippen molar-refractivity contribution >= 4 is 49.4 Å². The number of pyridine rings is 1. The minimum Gasteiger partial charge on any atom is -0.469 e. The Morgan fingerprint density at radius 1 is 1.60 bits per heavy atom. The molecule has 0 unspecified atom stereocenters. The van der Waals surface area contributed by atoms with E-state index in [-0.39, 0.29) is 23.8 Å². The van der Waals surface area contributed by atoms with Crippen LogP contribution in [0.3, 0.4) is 0 Å². The van der Waals surface area contributed by atoms with Gasteiger partial charge in [-0.3, -0.25) is 9.52 Å². The average molecular weight is 387 g/mol. The molecular weight excluding hydrogens is 374 g/mol. The fraction of sp³-hybridized carbons (Fsp3) is 0.400. The van der Waals surface area contributed by atoms with E-state index in [0.717, 1.165) is 4.31 Å². The van der Waals surface area contributed by atoms with Gasteiger partial charge in [-0.1, -0.05) is 11.6 Å². The van der Waals surface area contributed by atoms with Crippen molar-refractivity contribution in [3.8, 4) is 0 Å². The summed E-state index contributed by atoms with van der Waals surface area (Å²) in [5.74, 6) is -0.483. The highest BCUT2D eigenvalue weighted by molar-refractivity contribution is 9.10. The topological polar surface area (TPSA) is 88.6 Å².